The van der Waals surface area contributed by atoms with Crippen molar-refractivity contribution in [2.45, 2.75) is 0 Å². The van der Waals surface area contributed by atoms with Gasteiger partial charge in [-0.25, -0.2) is 0 Å². The zero-order valence-corrected chi connectivity index (χ0v) is 25.6. The van der Waals surface area contributed by atoms with E-state index in [1.54, 1.807) is 0 Å². The van der Waals surface area contributed by atoms with E-state index >= 15 is 0 Å². The van der Waals surface area contributed by atoms with Gasteiger partial charge in [0, 0.05) is 10.8 Å². The van der Waals surface area contributed by atoms with E-state index in [1.807, 2.05) is 12.1 Å². The summed E-state index contributed by atoms with van der Waals surface area (Å²) < 4.78 is 6.08. The second-order valence-electron chi connectivity index (χ2n) is 12.6. The molecule has 0 spiro atoms. The Balaban J connectivity index is 1.06. The van der Waals surface area contributed by atoms with E-state index in [-0.39, 0.29) is 0 Å². The Bertz CT molecular complexity index is 2850. The van der Waals surface area contributed by atoms with E-state index in [0.29, 0.717) is 0 Å². The van der Waals surface area contributed by atoms with Gasteiger partial charge in [0.2, 0.25) is 0 Å². The van der Waals surface area contributed by atoms with Crippen LogP contribution in [0.5, 0.6) is 0 Å². The molecule has 9 aromatic carbocycles. The van der Waals surface area contributed by atoms with Crippen molar-refractivity contribution >= 4 is 65.0 Å². The Morgan fingerprint density at radius 2 is 0.745 bits per heavy atom. The van der Waals surface area contributed by atoms with Gasteiger partial charge >= 0.3 is 0 Å². The number of hydrogen-bond donors (Lipinski definition) is 0. The lowest BCUT2D eigenvalue weighted by molar-refractivity contribution is 0.669. The van der Waals surface area contributed by atoms with Crippen LogP contribution in [0.1, 0.15) is 0 Å². The average molecular weight is 597 g/mol. The molecule has 0 saturated carbocycles. The summed E-state index contributed by atoms with van der Waals surface area (Å²) >= 11 is 0. The molecule has 0 aliphatic rings. The smallest absolute Gasteiger partial charge is 0.135 e. The molecule has 0 saturated heterocycles. The van der Waals surface area contributed by atoms with Gasteiger partial charge < -0.3 is 4.42 Å². The summed E-state index contributed by atoms with van der Waals surface area (Å²) in [6.07, 6.45) is 0. The summed E-state index contributed by atoms with van der Waals surface area (Å²) in [6.45, 7) is 0. The summed E-state index contributed by atoms with van der Waals surface area (Å²) in [5.41, 5.74) is 9.19. The molecule has 0 N–H and O–H groups in total. The zero-order chi connectivity index (χ0) is 30.9. The van der Waals surface area contributed by atoms with Crippen LogP contribution in [-0.2, 0) is 0 Å². The molecule has 1 aromatic heterocycles. The third-order valence-electron chi connectivity index (χ3n) is 9.80. The molecule has 1 heteroatoms. The number of hydrogen-bond acceptors (Lipinski definition) is 1. The molecule has 0 aliphatic carbocycles. The van der Waals surface area contributed by atoms with Crippen molar-refractivity contribution in [1.29, 1.82) is 0 Å². The fraction of sp³-hybridized carbons (Fsp3) is 0. The molecule has 0 fully saturated rings. The van der Waals surface area contributed by atoms with E-state index in [4.69, 9.17) is 4.42 Å². The highest BCUT2D eigenvalue weighted by atomic mass is 16.3. The third-order valence-corrected chi connectivity index (χ3v) is 9.80. The fourth-order valence-corrected chi connectivity index (χ4v) is 7.40. The average Bonchev–Trinajstić information content (AvgIpc) is 3.51. The van der Waals surface area contributed by atoms with Gasteiger partial charge in [0.1, 0.15) is 11.2 Å². The van der Waals surface area contributed by atoms with Crippen LogP contribution >= 0.6 is 0 Å². The SMILES string of the molecule is c1ccc2c(c1)cc(-c1ccc3ccc(-c4ccc5ccc(-c6ccc7oc8ccccc8c7c6)cc5c4)cc3c1)c1ccccc12. The molecule has 1 heterocycles. The monoisotopic (exact) mass is 596 g/mol. The third kappa shape index (κ3) is 4.25. The Kier molecular flexibility index (Phi) is 5.64. The predicted molar refractivity (Wildman–Crippen MR) is 200 cm³/mol. The van der Waals surface area contributed by atoms with Gasteiger partial charge in [-0.15, -0.1) is 0 Å². The molecule has 47 heavy (non-hydrogen) atoms. The molecule has 0 amide bonds. The van der Waals surface area contributed by atoms with Crippen molar-refractivity contribution in [3.63, 3.8) is 0 Å². The second kappa shape index (κ2) is 10.2. The largest absolute Gasteiger partial charge is 0.456 e. The Morgan fingerprint density at radius 1 is 0.255 bits per heavy atom. The lowest BCUT2D eigenvalue weighted by Crippen LogP contribution is -1.86. The second-order valence-corrected chi connectivity index (χ2v) is 12.6. The lowest BCUT2D eigenvalue weighted by atomic mass is 9.91. The minimum atomic E-state index is 0.922. The molecule has 0 aliphatic heterocycles. The highest BCUT2D eigenvalue weighted by Crippen LogP contribution is 2.38. The predicted octanol–water partition coefficient (Wildman–Crippen LogP) is 13.2. The van der Waals surface area contributed by atoms with Gasteiger partial charge in [-0.2, -0.15) is 0 Å². The van der Waals surface area contributed by atoms with Crippen LogP contribution in [0.25, 0.3) is 98.4 Å². The molecule has 0 atom stereocenters. The highest BCUT2D eigenvalue weighted by molar-refractivity contribution is 6.14. The van der Waals surface area contributed by atoms with Gasteiger partial charge in [-0.05, 0) is 125 Å². The van der Waals surface area contributed by atoms with E-state index in [2.05, 4.69) is 158 Å². The summed E-state index contributed by atoms with van der Waals surface area (Å²) in [7, 11) is 0. The van der Waals surface area contributed by atoms with Crippen molar-refractivity contribution in [2.24, 2.45) is 0 Å². The van der Waals surface area contributed by atoms with Gasteiger partial charge in [-0.3, -0.25) is 0 Å². The topological polar surface area (TPSA) is 13.1 Å². The molecule has 1 nitrogen and oxygen atoms in total. The summed E-state index contributed by atoms with van der Waals surface area (Å²) in [6, 6.07) is 61.8. The van der Waals surface area contributed by atoms with E-state index in [0.717, 1.165) is 21.9 Å². The molecule has 218 valence electrons. The van der Waals surface area contributed by atoms with Crippen molar-refractivity contribution in [2.75, 3.05) is 0 Å². The maximum atomic E-state index is 6.08. The van der Waals surface area contributed by atoms with Crippen LogP contribution in [0, 0.1) is 0 Å². The van der Waals surface area contributed by atoms with Gasteiger partial charge in [0.05, 0.1) is 0 Å². The molecular weight excluding hydrogens is 569 g/mol. The van der Waals surface area contributed by atoms with Crippen LogP contribution < -0.4 is 0 Å². The van der Waals surface area contributed by atoms with E-state index in [9.17, 15) is 0 Å². The van der Waals surface area contributed by atoms with Crippen molar-refractivity contribution in [3.05, 3.63) is 170 Å². The molecule has 0 unspecified atom stereocenters. The molecule has 10 rings (SSSR count). The quantitative estimate of drug-likeness (QED) is 0.185. The summed E-state index contributed by atoms with van der Waals surface area (Å²) in [5.74, 6) is 0. The van der Waals surface area contributed by atoms with Crippen molar-refractivity contribution in [3.8, 4) is 33.4 Å². The van der Waals surface area contributed by atoms with Crippen LogP contribution in [0.4, 0.5) is 0 Å². The zero-order valence-electron chi connectivity index (χ0n) is 25.6. The normalized spacial score (nSPS) is 11.8. The first-order valence-electron chi connectivity index (χ1n) is 16.2. The van der Waals surface area contributed by atoms with Crippen molar-refractivity contribution in [1.82, 2.24) is 0 Å². The molecular formula is C46H28O. The summed E-state index contributed by atoms with van der Waals surface area (Å²) in [4.78, 5) is 0. The number of furan rings is 1. The minimum absolute atomic E-state index is 0.922. The van der Waals surface area contributed by atoms with Crippen LogP contribution in [0.2, 0.25) is 0 Å². The number of para-hydroxylation sites is 1. The Morgan fingerprint density at radius 3 is 1.45 bits per heavy atom. The van der Waals surface area contributed by atoms with E-state index in [1.165, 1.54) is 76.5 Å². The van der Waals surface area contributed by atoms with Gasteiger partial charge in [0.15, 0.2) is 0 Å². The number of benzene rings is 9. The first-order valence-corrected chi connectivity index (χ1v) is 16.2. The van der Waals surface area contributed by atoms with Gasteiger partial charge in [-0.1, -0.05) is 121 Å². The van der Waals surface area contributed by atoms with Crippen LogP contribution in [-0.4, -0.2) is 0 Å². The number of rotatable bonds is 3. The van der Waals surface area contributed by atoms with Crippen LogP contribution in [0.3, 0.4) is 0 Å². The van der Waals surface area contributed by atoms with Gasteiger partial charge in [0.25, 0.3) is 0 Å². The summed E-state index contributed by atoms with van der Waals surface area (Å²) in [5, 5.41) is 12.4. The Hall–Kier alpha value is -6.18. The molecule has 10 aromatic rings. The van der Waals surface area contributed by atoms with E-state index < -0.39 is 0 Å². The maximum Gasteiger partial charge on any atom is 0.135 e. The first-order chi connectivity index (χ1) is 23.2. The fourth-order valence-electron chi connectivity index (χ4n) is 7.40. The number of fused-ring (bicyclic) bond motifs is 8. The lowest BCUT2D eigenvalue weighted by Gasteiger charge is -2.12. The standard InChI is InChI=1S/C46H28O/c1-2-8-39-35(7-1)28-43(41-10-4-3-9-40(39)41)36-20-16-30-14-18-32(24-38(30)26-36)31-17-13-29-15-19-33(25-37(29)23-31)34-21-22-46-44(27-34)42-11-5-6-12-45(42)47-46/h1-28H. The Labute approximate surface area is 271 Å². The maximum absolute atomic E-state index is 6.08. The minimum Gasteiger partial charge on any atom is -0.456 e. The highest BCUT2D eigenvalue weighted by Gasteiger charge is 2.11. The molecule has 0 radical (unpaired) electrons. The van der Waals surface area contributed by atoms with Crippen molar-refractivity contribution < 1.29 is 4.42 Å². The first kappa shape index (κ1) is 26.1. The molecule has 0 bridgehead atoms. The van der Waals surface area contributed by atoms with Crippen LogP contribution in [0.15, 0.2) is 174 Å².